The van der Waals surface area contributed by atoms with E-state index in [-0.39, 0.29) is 23.8 Å². The number of hydrogen-bond donors (Lipinski definition) is 2. The number of aromatic carboxylic acids is 1. The van der Waals surface area contributed by atoms with Crippen LogP contribution in [0.25, 0.3) is 6.08 Å². The summed E-state index contributed by atoms with van der Waals surface area (Å²) in [5.41, 5.74) is 1.25. The van der Waals surface area contributed by atoms with Gasteiger partial charge in [0.15, 0.2) is 11.5 Å². The van der Waals surface area contributed by atoms with E-state index < -0.39 is 23.8 Å². The summed E-state index contributed by atoms with van der Waals surface area (Å²) in [6, 6.07) is 10.5. The molecule has 2 fully saturated rings. The van der Waals surface area contributed by atoms with Crippen LogP contribution in [0.2, 0.25) is 0 Å². The van der Waals surface area contributed by atoms with Gasteiger partial charge in [-0.25, -0.2) is 9.59 Å². The fraction of sp³-hybridized carbons (Fsp3) is 0.308. The molecule has 2 aromatic rings. The predicted molar refractivity (Wildman–Crippen MR) is 126 cm³/mol. The van der Waals surface area contributed by atoms with E-state index in [2.05, 4.69) is 5.32 Å². The van der Waals surface area contributed by atoms with Gasteiger partial charge in [0.2, 0.25) is 0 Å². The topological polar surface area (TPSA) is 122 Å². The molecule has 4 rings (SSSR count). The molecule has 1 saturated heterocycles. The highest BCUT2D eigenvalue weighted by molar-refractivity contribution is 6.31. The Morgan fingerprint density at radius 2 is 1.86 bits per heavy atom. The maximum absolute atomic E-state index is 13.1. The Bertz CT molecular complexity index is 1200. The van der Waals surface area contributed by atoms with Gasteiger partial charge in [-0.15, -0.1) is 0 Å². The number of urea groups is 1. The van der Waals surface area contributed by atoms with E-state index in [0.29, 0.717) is 22.6 Å². The number of carbonyl (C=O) groups is 4. The second-order valence-electron chi connectivity index (χ2n) is 8.49. The first-order valence-corrected chi connectivity index (χ1v) is 11.4. The molecule has 0 aromatic heterocycles. The quantitative estimate of drug-likeness (QED) is 0.459. The Balaban J connectivity index is 1.53. The number of carbonyl (C=O) groups excluding carboxylic acids is 3. The maximum atomic E-state index is 13.1. The summed E-state index contributed by atoms with van der Waals surface area (Å²) in [6.45, 7) is 0.122. The minimum absolute atomic E-state index is 0.114. The molecule has 4 amide bonds. The second-order valence-corrected chi connectivity index (χ2v) is 8.49. The summed E-state index contributed by atoms with van der Waals surface area (Å²) < 4.78 is 11.2. The molecule has 1 aliphatic heterocycles. The lowest BCUT2D eigenvalue weighted by Gasteiger charge is -2.35. The van der Waals surface area contributed by atoms with Crippen molar-refractivity contribution >= 4 is 29.9 Å². The molecule has 0 unspecified atom stereocenters. The van der Waals surface area contributed by atoms with Crippen LogP contribution in [-0.2, 0) is 16.2 Å². The van der Waals surface area contributed by atoms with Crippen LogP contribution in [0.3, 0.4) is 0 Å². The summed E-state index contributed by atoms with van der Waals surface area (Å²) in [5.74, 6) is -1.56. The Hall–Kier alpha value is -4.14. The predicted octanol–water partition coefficient (Wildman–Crippen LogP) is 3.77. The Labute approximate surface area is 202 Å². The van der Waals surface area contributed by atoms with Gasteiger partial charge in [0.25, 0.3) is 11.8 Å². The molecule has 1 heterocycles. The molecule has 9 heteroatoms. The number of carboxylic acids is 1. The highest BCUT2D eigenvalue weighted by atomic mass is 16.5. The molecule has 0 bridgehead atoms. The SMILES string of the molecule is COc1cc(C=C2C(=O)NC(=O)N(C3CCCCC3)C2=O)ccc1OCc1cccc(C(=O)O)c1. The van der Waals surface area contributed by atoms with Gasteiger partial charge in [-0.3, -0.25) is 19.8 Å². The molecular weight excluding hydrogens is 452 g/mol. The molecular formula is C26H26N2O7. The highest BCUT2D eigenvalue weighted by Crippen LogP contribution is 2.31. The smallest absolute Gasteiger partial charge is 0.335 e. The summed E-state index contributed by atoms with van der Waals surface area (Å²) in [5, 5.41) is 11.4. The van der Waals surface area contributed by atoms with E-state index in [4.69, 9.17) is 14.6 Å². The van der Waals surface area contributed by atoms with E-state index in [1.165, 1.54) is 30.2 Å². The fourth-order valence-corrected chi connectivity index (χ4v) is 4.36. The number of imide groups is 2. The van der Waals surface area contributed by atoms with Crippen LogP contribution < -0.4 is 14.8 Å². The summed E-state index contributed by atoms with van der Waals surface area (Å²) in [4.78, 5) is 50.3. The Morgan fingerprint density at radius 3 is 2.57 bits per heavy atom. The Kier molecular flexibility index (Phi) is 7.14. The van der Waals surface area contributed by atoms with E-state index in [1.807, 2.05) is 0 Å². The van der Waals surface area contributed by atoms with Gasteiger partial charge in [0.1, 0.15) is 12.2 Å². The number of rotatable bonds is 7. The first-order chi connectivity index (χ1) is 16.9. The van der Waals surface area contributed by atoms with Gasteiger partial charge >= 0.3 is 12.0 Å². The van der Waals surface area contributed by atoms with Crippen molar-refractivity contribution < 1.29 is 33.8 Å². The van der Waals surface area contributed by atoms with Crippen molar-refractivity contribution in [3.8, 4) is 11.5 Å². The number of benzene rings is 2. The summed E-state index contributed by atoms with van der Waals surface area (Å²) in [6.07, 6.45) is 5.84. The van der Waals surface area contributed by atoms with Gasteiger partial charge in [0.05, 0.1) is 12.7 Å². The second kappa shape index (κ2) is 10.4. The zero-order chi connectivity index (χ0) is 24.9. The van der Waals surface area contributed by atoms with Crippen molar-refractivity contribution in [2.24, 2.45) is 0 Å². The lowest BCUT2D eigenvalue weighted by molar-refractivity contribution is -0.132. The van der Waals surface area contributed by atoms with Crippen molar-refractivity contribution in [3.63, 3.8) is 0 Å². The van der Waals surface area contributed by atoms with Crippen molar-refractivity contribution in [1.29, 1.82) is 0 Å². The molecule has 1 saturated carbocycles. The standard InChI is InChI=1S/C26H26N2O7/c1-34-22-14-16(10-11-21(22)35-15-17-6-5-7-18(12-17)25(31)32)13-20-23(29)27-26(33)28(24(20)30)19-8-3-2-4-9-19/h5-7,10-14,19H,2-4,8-9,15H2,1H3,(H,31,32)(H,27,29,33). The zero-order valence-electron chi connectivity index (χ0n) is 19.3. The van der Waals surface area contributed by atoms with Gasteiger partial charge in [-0.05, 0) is 54.3 Å². The third-order valence-corrected chi connectivity index (χ3v) is 6.14. The molecule has 2 aromatic carbocycles. The molecule has 0 radical (unpaired) electrons. The van der Waals surface area contributed by atoms with Crippen molar-refractivity contribution in [2.75, 3.05) is 7.11 Å². The van der Waals surface area contributed by atoms with Crippen LogP contribution in [0.4, 0.5) is 4.79 Å². The van der Waals surface area contributed by atoms with Gasteiger partial charge in [-0.2, -0.15) is 0 Å². The number of carboxylic acid groups (broad SMARTS) is 1. The van der Waals surface area contributed by atoms with Crippen molar-refractivity contribution in [1.82, 2.24) is 10.2 Å². The maximum Gasteiger partial charge on any atom is 0.335 e. The lowest BCUT2D eigenvalue weighted by Crippen LogP contribution is -2.58. The first-order valence-electron chi connectivity index (χ1n) is 11.4. The van der Waals surface area contributed by atoms with E-state index in [0.717, 1.165) is 32.1 Å². The molecule has 2 N–H and O–H groups in total. The Morgan fingerprint density at radius 1 is 1.09 bits per heavy atom. The minimum Gasteiger partial charge on any atom is -0.493 e. The summed E-state index contributed by atoms with van der Waals surface area (Å²) in [7, 11) is 1.46. The van der Waals surface area contributed by atoms with Crippen LogP contribution in [0.1, 0.15) is 53.6 Å². The number of nitrogens with one attached hydrogen (secondary N) is 1. The zero-order valence-corrected chi connectivity index (χ0v) is 19.3. The monoisotopic (exact) mass is 478 g/mol. The van der Waals surface area contributed by atoms with Gasteiger partial charge in [-0.1, -0.05) is 37.5 Å². The van der Waals surface area contributed by atoms with Crippen LogP contribution in [-0.4, -0.2) is 47.0 Å². The van der Waals surface area contributed by atoms with Crippen LogP contribution in [0.15, 0.2) is 48.0 Å². The van der Waals surface area contributed by atoms with Crippen LogP contribution >= 0.6 is 0 Å². The highest BCUT2D eigenvalue weighted by Gasteiger charge is 2.40. The number of amides is 4. The first kappa shape index (κ1) is 24.0. The van der Waals surface area contributed by atoms with Crippen molar-refractivity contribution in [2.45, 2.75) is 44.8 Å². The van der Waals surface area contributed by atoms with Gasteiger partial charge in [0, 0.05) is 6.04 Å². The lowest BCUT2D eigenvalue weighted by atomic mass is 9.93. The number of methoxy groups -OCH3 is 1. The number of nitrogens with zero attached hydrogens (tertiary/aromatic N) is 1. The van der Waals surface area contributed by atoms with Crippen LogP contribution in [0.5, 0.6) is 11.5 Å². The van der Waals surface area contributed by atoms with Crippen molar-refractivity contribution in [3.05, 3.63) is 64.7 Å². The van der Waals surface area contributed by atoms with Crippen LogP contribution in [0, 0.1) is 0 Å². The fourth-order valence-electron chi connectivity index (χ4n) is 4.36. The normalized spacial score (nSPS) is 17.9. The third-order valence-electron chi connectivity index (χ3n) is 6.14. The number of ether oxygens (including phenoxy) is 2. The molecule has 0 spiro atoms. The molecule has 35 heavy (non-hydrogen) atoms. The summed E-state index contributed by atoms with van der Waals surface area (Å²) >= 11 is 0. The molecule has 1 aliphatic carbocycles. The number of hydrogen-bond acceptors (Lipinski definition) is 6. The molecule has 9 nitrogen and oxygen atoms in total. The average Bonchev–Trinajstić information content (AvgIpc) is 2.86. The molecule has 2 aliphatic rings. The van der Waals surface area contributed by atoms with E-state index in [1.54, 1.807) is 30.3 Å². The number of barbiturate groups is 1. The largest absolute Gasteiger partial charge is 0.493 e. The molecule has 182 valence electrons. The van der Waals surface area contributed by atoms with E-state index in [9.17, 15) is 19.2 Å². The third kappa shape index (κ3) is 5.34. The average molecular weight is 479 g/mol. The minimum atomic E-state index is -1.02. The molecule has 0 atom stereocenters. The van der Waals surface area contributed by atoms with E-state index >= 15 is 0 Å². The van der Waals surface area contributed by atoms with Gasteiger partial charge < -0.3 is 14.6 Å².